The molecule has 1 heterocycles. The maximum absolute atomic E-state index is 2.88. The second-order valence-corrected chi connectivity index (χ2v) is 17.3. The Morgan fingerprint density at radius 3 is 2.11 bits per heavy atom. The molecule has 0 aromatic carbocycles. The molecule has 1 heteroatoms. The van der Waals surface area contributed by atoms with Gasteiger partial charge in [0.1, 0.15) is 0 Å². The molecule has 5 atom stereocenters. The fourth-order valence-corrected chi connectivity index (χ4v) is 16.6. The van der Waals surface area contributed by atoms with Crippen LogP contribution in [-0.4, -0.2) is 24.1 Å². The van der Waals surface area contributed by atoms with Crippen LogP contribution in [0.4, 0.5) is 0 Å². The van der Waals surface area contributed by atoms with E-state index in [0.717, 1.165) is 34.5 Å². The first-order valence-electron chi connectivity index (χ1n) is 13.4. The molecule has 4 aliphatic rings. The molecule has 1 saturated heterocycles. The van der Waals surface area contributed by atoms with Gasteiger partial charge in [-0.05, 0) is 0 Å². The van der Waals surface area contributed by atoms with Gasteiger partial charge in [-0.3, -0.25) is 0 Å². The summed E-state index contributed by atoms with van der Waals surface area (Å²) in [5.41, 5.74) is 3.87. The molecule has 0 aromatic rings. The molecule has 4 fully saturated rings. The van der Waals surface area contributed by atoms with Crippen molar-refractivity contribution in [2.45, 2.75) is 123 Å². The topological polar surface area (TPSA) is 0 Å². The van der Waals surface area contributed by atoms with E-state index in [4.69, 9.17) is 0 Å². The third-order valence-corrected chi connectivity index (χ3v) is 17.1. The fraction of sp³-hybridized carbons (Fsp3) is 1.00. The SMILES string of the molecule is CCCC1(C2CCC2)CC(C)C(CC2CC(CC)(CC)C2)C1[PH]1(C)CC1CC. The van der Waals surface area contributed by atoms with Crippen molar-refractivity contribution in [3.8, 4) is 0 Å². The van der Waals surface area contributed by atoms with Gasteiger partial charge in [-0.15, -0.1) is 0 Å². The van der Waals surface area contributed by atoms with Crippen molar-refractivity contribution >= 4 is 7.26 Å². The monoisotopic (exact) mass is 406 g/mol. The minimum absolute atomic E-state index is 0.739. The predicted octanol–water partition coefficient (Wildman–Crippen LogP) is 8.38. The predicted molar refractivity (Wildman–Crippen MR) is 129 cm³/mol. The molecule has 0 bridgehead atoms. The van der Waals surface area contributed by atoms with Crippen molar-refractivity contribution in [1.29, 1.82) is 0 Å². The summed E-state index contributed by atoms with van der Waals surface area (Å²) >= 11 is 0. The first kappa shape index (κ1) is 21.7. The van der Waals surface area contributed by atoms with E-state index in [9.17, 15) is 0 Å². The molecule has 0 aromatic heterocycles. The first-order valence-corrected chi connectivity index (χ1v) is 16.2. The van der Waals surface area contributed by atoms with Gasteiger partial charge >= 0.3 is 178 Å². The Morgan fingerprint density at radius 1 is 0.964 bits per heavy atom. The van der Waals surface area contributed by atoms with Crippen LogP contribution in [0.1, 0.15) is 112 Å². The van der Waals surface area contributed by atoms with Crippen molar-refractivity contribution in [1.82, 2.24) is 0 Å². The molecular formula is C27H51P. The average molecular weight is 407 g/mol. The molecule has 3 saturated carbocycles. The first-order chi connectivity index (χ1) is 13.4. The van der Waals surface area contributed by atoms with Crippen LogP contribution in [0.2, 0.25) is 0 Å². The van der Waals surface area contributed by atoms with Crippen molar-refractivity contribution in [3.05, 3.63) is 0 Å². The number of hydrogen-bond donors (Lipinski definition) is 0. The molecule has 4 rings (SSSR count). The zero-order valence-electron chi connectivity index (χ0n) is 20.2. The molecular weight excluding hydrogens is 355 g/mol. The third kappa shape index (κ3) is 3.26. The van der Waals surface area contributed by atoms with E-state index >= 15 is 0 Å². The number of hydrogen-bond acceptors (Lipinski definition) is 0. The van der Waals surface area contributed by atoms with E-state index in [1.54, 1.807) is 51.1 Å². The average Bonchev–Trinajstić information content (AvgIpc) is 3.17. The standard InChI is InChI=1S/C27H51P/c1-7-14-27(22-12-11-13-22)16-20(5)24(25(27)28(6)19-23(28)8-2)15-21-17-26(9-3,10-4)18-21/h20-25,28H,7-19H2,1-6H3. The van der Waals surface area contributed by atoms with Crippen molar-refractivity contribution in [3.63, 3.8) is 0 Å². The van der Waals surface area contributed by atoms with Gasteiger partial charge in [0.2, 0.25) is 0 Å². The zero-order valence-corrected chi connectivity index (χ0v) is 21.2. The van der Waals surface area contributed by atoms with Crippen LogP contribution >= 0.6 is 7.26 Å². The van der Waals surface area contributed by atoms with E-state index in [1.165, 1.54) is 43.4 Å². The molecule has 0 radical (unpaired) electrons. The van der Waals surface area contributed by atoms with Crippen LogP contribution in [0, 0.1) is 34.5 Å². The Balaban J connectivity index is 1.58. The van der Waals surface area contributed by atoms with Crippen LogP contribution in [0.3, 0.4) is 0 Å². The van der Waals surface area contributed by atoms with Crippen LogP contribution in [0.5, 0.6) is 0 Å². The van der Waals surface area contributed by atoms with Gasteiger partial charge < -0.3 is 0 Å². The Hall–Kier alpha value is 0.430. The van der Waals surface area contributed by atoms with E-state index < -0.39 is 7.26 Å². The van der Waals surface area contributed by atoms with E-state index in [-0.39, 0.29) is 0 Å². The van der Waals surface area contributed by atoms with Crippen LogP contribution in [0.15, 0.2) is 0 Å². The van der Waals surface area contributed by atoms with Crippen molar-refractivity contribution in [2.24, 2.45) is 34.5 Å². The van der Waals surface area contributed by atoms with Gasteiger partial charge in [-0.25, -0.2) is 0 Å². The van der Waals surface area contributed by atoms with Crippen LogP contribution < -0.4 is 0 Å². The summed E-state index contributed by atoms with van der Waals surface area (Å²) in [6, 6.07) is 0. The summed E-state index contributed by atoms with van der Waals surface area (Å²) in [5.74, 6) is 4.29. The zero-order chi connectivity index (χ0) is 20.2. The summed E-state index contributed by atoms with van der Waals surface area (Å²) in [6.45, 7) is 15.5. The molecule has 5 unspecified atom stereocenters. The van der Waals surface area contributed by atoms with Crippen molar-refractivity contribution < 1.29 is 0 Å². The summed E-state index contributed by atoms with van der Waals surface area (Å²) in [7, 11) is -1.03. The van der Waals surface area contributed by atoms with Gasteiger partial charge in [-0.2, -0.15) is 0 Å². The normalized spacial score (nSPS) is 43.4. The Morgan fingerprint density at radius 2 is 1.64 bits per heavy atom. The molecule has 3 aliphatic carbocycles. The van der Waals surface area contributed by atoms with Gasteiger partial charge in [-0.1, -0.05) is 0 Å². The van der Waals surface area contributed by atoms with E-state index in [1.807, 2.05) is 0 Å². The maximum atomic E-state index is 2.88. The van der Waals surface area contributed by atoms with Crippen molar-refractivity contribution in [2.75, 3.05) is 12.8 Å². The molecule has 0 nitrogen and oxygen atoms in total. The molecule has 0 amide bonds. The molecule has 0 N–H and O–H groups in total. The summed E-state index contributed by atoms with van der Waals surface area (Å²) in [5, 5.41) is 0. The summed E-state index contributed by atoms with van der Waals surface area (Å²) in [4.78, 5) is 0. The van der Waals surface area contributed by atoms with Gasteiger partial charge in [0, 0.05) is 0 Å². The van der Waals surface area contributed by atoms with E-state index in [2.05, 4.69) is 41.3 Å². The molecule has 0 spiro atoms. The van der Waals surface area contributed by atoms with Crippen LogP contribution in [-0.2, 0) is 0 Å². The molecule has 164 valence electrons. The Kier molecular flexibility index (Phi) is 6.06. The van der Waals surface area contributed by atoms with E-state index in [0.29, 0.717) is 0 Å². The fourth-order valence-electron chi connectivity index (χ4n) is 9.49. The van der Waals surface area contributed by atoms with Crippen LogP contribution in [0.25, 0.3) is 0 Å². The Bertz CT molecular complexity index is 538. The summed E-state index contributed by atoms with van der Waals surface area (Å²) < 4.78 is 0. The number of rotatable bonds is 9. The third-order valence-electron chi connectivity index (χ3n) is 11.3. The Labute approximate surface area is 177 Å². The van der Waals surface area contributed by atoms with Gasteiger partial charge in [0.05, 0.1) is 0 Å². The second kappa shape index (κ2) is 7.84. The van der Waals surface area contributed by atoms with Gasteiger partial charge in [0.25, 0.3) is 0 Å². The summed E-state index contributed by atoms with van der Waals surface area (Å²) in [6.07, 6.45) is 20.1. The molecule has 28 heavy (non-hydrogen) atoms. The minimum atomic E-state index is -1.03. The van der Waals surface area contributed by atoms with Gasteiger partial charge in [0.15, 0.2) is 0 Å². The molecule has 1 aliphatic heterocycles. The quantitative estimate of drug-likeness (QED) is 0.337. The second-order valence-electron chi connectivity index (χ2n) is 12.5.